The second kappa shape index (κ2) is 9.93. The average molecular weight is 448 g/mol. The highest BCUT2D eigenvalue weighted by atomic mass is 19.4. The monoisotopic (exact) mass is 447 g/mol. The number of anilines is 3. The number of rotatable bonds is 6. The Labute approximate surface area is 185 Å². The van der Waals surface area contributed by atoms with Gasteiger partial charge in [-0.05, 0) is 70.4 Å². The number of halogens is 3. The van der Waals surface area contributed by atoms with Gasteiger partial charge in [0.1, 0.15) is 17.2 Å². The molecule has 2 heterocycles. The van der Waals surface area contributed by atoms with Crippen LogP contribution in [-0.4, -0.2) is 33.3 Å². The smallest absolute Gasteiger partial charge is 0.411 e. The maximum Gasteiger partial charge on any atom is 0.411 e. The summed E-state index contributed by atoms with van der Waals surface area (Å²) in [6, 6.07) is 10.4. The summed E-state index contributed by atoms with van der Waals surface area (Å²) >= 11 is 0. The SMILES string of the molecule is C=C(C)C(F)(F)F.CC(C)Oc1ccc(Nc2nc(NC3CCC3)c3cc[nH]c3n2)cc1. The van der Waals surface area contributed by atoms with Crippen molar-refractivity contribution in [3.8, 4) is 5.75 Å². The number of benzene rings is 1. The Hall–Kier alpha value is -3.23. The van der Waals surface area contributed by atoms with Crippen molar-refractivity contribution in [1.82, 2.24) is 15.0 Å². The van der Waals surface area contributed by atoms with Crippen molar-refractivity contribution in [3.63, 3.8) is 0 Å². The number of ether oxygens (including phenoxy) is 1. The van der Waals surface area contributed by atoms with Gasteiger partial charge in [-0.15, -0.1) is 0 Å². The van der Waals surface area contributed by atoms with Gasteiger partial charge in [0.2, 0.25) is 5.95 Å². The largest absolute Gasteiger partial charge is 0.491 e. The molecule has 1 aromatic carbocycles. The molecule has 2 aromatic heterocycles. The van der Waals surface area contributed by atoms with E-state index in [0.717, 1.165) is 35.2 Å². The summed E-state index contributed by atoms with van der Waals surface area (Å²) < 4.78 is 38.9. The van der Waals surface area contributed by atoms with Gasteiger partial charge in [-0.3, -0.25) is 0 Å². The second-order valence-electron chi connectivity index (χ2n) is 8.00. The normalized spacial score (nSPS) is 13.8. The highest BCUT2D eigenvalue weighted by molar-refractivity contribution is 5.88. The number of hydrogen-bond acceptors (Lipinski definition) is 5. The third-order valence-corrected chi connectivity index (χ3v) is 4.83. The highest BCUT2D eigenvalue weighted by Gasteiger charge is 2.27. The molecule has 1 aliphatic rings. The van der Waals surface area contributed by atoms with E-state index in [9.17, 15) is 13.2 Å². The van der Waals surface area contributed by atoms with Gasteiger partial charge in [-0.25, -0.2) is 0 Å². The summed E-state index contributed by atoms with van der Waals surface area (Å²) in [6.07, 6.45) is 1.56. The van der Waals surface area contributed by atoms with Crippen LogP contribution in [0.15, 0.2) is 48.7 Å². The van der Waals surface area contributed by atoms with Crippen LogP contribution in [0.1, 0.15) is 40.0 Å². The molecule has 6 nitrogen and oxygen atoms in total. The molecule has 3 aromatic rings. The summed E-state index contributed by atoms with van der Waals surface area (Å²) in [5.41, 5.74) is 1.00. The number of allylic oxidation sites excluding steroid dienone is 1. The fourth-order valence-electron chi connectivity index (χ4n) is 2.87. The lowest BCUT2D eigenvalue weighted by atomic mass is 9.93. The van der Waals surface area contributed by atoms with Crippen molar-refractivity contribution >= 4 is 28.5 Å². The van der Waals surface area contributed by atoms with Crippen molar-refractivity contribution < 1.29 is 17.9 Å². The van der Waals surface area contributed by atoms with Gasteiger partial charge in [0.25, 0.3) is 0 Å². The van der Waals surface area contributed by atoms with Gasteiger partial charge >= 0.3 is 6.18 Å². The number of alkyl halides is 3. The zero-order chi connectivity index (χ0) is 23.3. The number of nitrogens with zero attached hydrogens (tertiary/aromatic N) is 2. The topological polar surface area (TPSA) is 74.9 Å². The van der Waals surface area contributed by atoms with Crippen molar-refractivity contribution in [3.05, 3.63) is 48.7 Å². The van der Waals surface area contributed by atoms with Crippen molar-refractivity contribution in [2.75, 3.05) is 10.6 Å². The molecule has 0 amide bonds. The molecule has 0 saturated heterocycles. The highest BCUT2D eigenvalue weighted by Crippen LogP contribution is 2.28. The molecule has 32 heavy (non-hydrogen) atoms. The Morgan fingerprint density at radius 3 is 2.34 bits per heavy atom. The lowest BCUT2D eigenvalue weighted by molar-refractivity contribution is -0.0909. The molecule has 0 aliphatic heterocycles. The summed E-state index contributed by atoms with van der Waals surface area (Å²) in [4.78, 5) is 12.4. The number of hydrogen-bond donors (Lipinski definition) is 3. The molecular formula is C23H28F3N5O. The van der Waals surface area contributed by atoms with Crippen LogP contribution in [0.25, 0.3) is 11.0 Å². The minimum Gasteiger partial charge on any atom is -0.491 e. The molecule has 0 unspecified atom stereocenters. The van der Waals surface area contributed by atoms with Gasteiger partial charge < -0.3 is 20.4 Å². The summed E-state index contributed by atoms with van der Waals surface area (Å²) in [7, 11) is 0. The van der Waals surface area contributed by atoms with Crippen LogP contribution in [0.5, 0.6) is 5.75 Å². The van der Waals surface area contributed by atoms with Crippen LogP contribution in [0, 0.1) is 0 Å². The molecule has 0 atom stereocenters. The number of fused-ring (bicyclic) bond motifs is 1. The third-order valence-electron chi connectivity index (χ3n) is 4.83. The summed E-state index contributed by atoms with van der Waals surface area (Å²) in [5, 5.41) is 7.84. The first-order chi connectivity index (χ1) is 15.1. The molecule has 4 rings (SSSR count). The maximum atomic E-state index is 11.1. The van der Waals surface area contributed by atoms with E-state index >= 15 is 0 Å². The van der Waals surface area contributed by atoms with Gasteiger partial charge in [-0.1, -0.05) is 6.58 Å². The van der Waals surface area contributed by atoms with Gasteiger partial charge in [0.15, 0.2) is 0 Å². The van der Waals surface area contributed by atoms with E-state index in [1.54, 1.807) is 0 Å². The van der Waals surface area contributed by atoms with Gasteiger partial charge in [-0.2, -0.15) is 23.1 Å². The first-order valence-electron chi connectivity index (χ1n) is 10.5. The molecular weight excluding hydrogens is 419 g/mol. The number of aromatic nitrogens is 3. The molecule has 1 fully saturated rings. The number of aromatic amines is 1. The average Bonchev–Trinajstić information content (AvgIpc) is 3.14. The van der Waals surface area contributed by atoms with Crippen molar-refractivity contribution in [2.24, 2.45) is 0 Å². The fourth-order valence-corrected chi connectivity index (χ4v) is 2.87. The predicted octanol–water partition coefficient (Wildman–Crippen LogP) is 6.58. The van der Waals surface area contributed by atoms with E-state index in [1.807, 2.05) is 50.4 Å². The first-order valence-corrected chi connectivity index (χ1v) is 10.5. The van der Waals surface area contributed by atoms with Crippen LogP contribution in [0.4, 0.5) is 30.6 Å². The third kappa shape index (κ3) is 6.38. The molecule has 3 N–H and O–H groups in total. The quantitative estimate of drug-likeness (QED) is 0.372. The Bertz CT molecular complexity index is 1040. The maximum absolute atomic E-state index is 11.1. The summed E-state index contributed by atoms with van der Waals surface area (Å²) in [6.45, 7) is 7.66. The number of nitrogens with one attached hydrogen (secondary N) is 3. The van der Waals surface area contributed by atoms with Crippen LogP contribution < -0.4 is 15.4 Å². The Balaban J connectivity index is 0.000000360. The zero-order valence-electron chi connectivity index (χ0n) is 18.4. The van der Waals surface area contributed by atoms with Gasteiger partial charge in [0, 0.05) is 23.5 Å². The fraction of sp³-hybridized carbons (Fsp3) is 0.391. The second-order valence-corrected chi connectivity index (χ2v) is 8.00. The molecule has 172 valence electrons. The van der Waals surface area contributed by atoms with Crippen LogP contribution >= 0.6 is 0 Å². The number of H-pyrrole nitrogens is 1. The van der Waals surface area contributed by atoms with E-state index in [2.05, 4.69) is 32.2 Å². The molecule has 0 bridgehead atoms. The minimum atomic E-state index is -4.19. The van der Waals surface area contributed by atoms with Crippen LogP contribution in [0.2, 0.25) is 0 Å². The standard InChI is InChI=1S/C19H23N5O.C4H5F3/c1-12(2)25-15-8-6-14(7-9-15)22-19-23-17-16(10-11-20-17)18(24-19)21-13-4-3-5-13;1-3(2)4(5,6)7/h6-13H,3-5H2,1-2H3,(H3,20,21,22,23,24);1H2,2H3. The lowest BCUT2D eigenvalue weighted by Gasteiger charge is -2.27. The van der Waals surface area contributed by atoms with Gasteiger partial charge in [0.05, 0.1) is 11.5 Å². The zero-order valence-corrected chi connectivity index (χ0v) is 18.4. The van der Waals surface area contributed by atoms with Crippen LogP contribution in [-0.2, 0) is 0 Å². The molecule has 9 heteroatoms. The molecule has 0 spiro atoms. The minimum absolute atomic E-state index is 0.164. The molecule has 1 aliphatic carbocycles. The van der Waals surface area contributed by atoms with Crippen LogP contribution in [0.3, 0.4) is 0 Å². The Morgan fingerprint density at radius 1 is 1.16 bits per heavy atom. The Morgan fingerprint density at radius 2 is 1.81 bits per heavy atom. The van der Waals surface area contributed by atoms with E-state index in [0.29, 0.717) is 12.0 Å². The van der Waals surface area contributed by atoms with E-state index in [-0.39, 0.29) is 6.10 Å². The molecule has 0 radical (unpaired) electrons. The Kier molecular flexibility index (Phi) is 7.27. The van der Waals surface area contributed by atoms with E-state index in [4.69, 9.17) is 4.74 Å². The first kappa shape index (κ1) is 23.4. The molecule has 1 saturated carbocycles. The predicted molar refractivity (Wildman–Crippen MR) is 122 cm³/mol. The van der Waals surface area contributed by atoms with Crippen molar-refractivity contribution in [2.45, 2.75) is 58.4 Å². The van der Waals surface area contributed by atoms with E-state index in [1.165, 1.54) is 19.3 Å². The van der Waals surface area contributed by atoms with E-state index < -0.39 is 11.7 Å². The van der Waals surface area contributed by atoms with Crippen molar-refractivity contribution in [1.29, 1.82) is 0 Å². The lowest BCUT2D eigenvalue weighted by Crippen LogP contribution is -2.27. The summed E-state index contributed by atoms with van der Waals surface area (Å²) in [5.74, 6) is 2.32.